The van der Waals surface area contributed by atoms with Gasteiger partial charge in [0.2, 0.25) is 5.91 Å². The molecule has 8 nitrogen and oxygen atoms in total. The summed E-state index contributed by atoms with van der Waals surface area (Å²) in [5.74, 6) is 0.128. The smallest absolute Gasteiger partial charge is 0.239 e. The second kappa shape index (κ2) is 7.73. The molecule has 2 N–H and O–H groups in total. The van der Waals surface area contributed by atoms with Crippen LogP contribution in [0.5, 0.6) is 0 Å². The minimum absolute atomic E-state index is 0.105. The summed E-state index contributed by atoms with van der Waals surface area (Å²) in [7, 11) is 0. The first kappa shape index (κ1) is 17.5. The van der Waals surface area contributed by atoms with E-state index in [-0.39, 0.29) is 19.1 Å². The van der Waals surface area contributed by atoms with Gasteiger partial charge >= 0.3 is 0 Å². The molecule has 1 aliphatic rings. The van der Waals surface area contributed by atoms with Gasteiger partial charge in [-0.25, -0.2) is 4.63 Å². The Morgan fingerprint density at radius 2 is 2.16 bits per heavy atom. The van der Waals surface area contributed by atoms with Gasteiger partial charge in [0.05, 0.1) is 19.8 Å². The monoisotopic (exact) mass is 346 g/mol. The Hall–Kier alpha value is -2.29. The molecule has 1 amide bonds. The lowest BCUT2D eigenvalue weighted by Crippen LogP contribution is -2.56. The van der Waals surface area contributed by atoms with E-state index in [4.69, 9.17) is 4.74 Å². The molecule has 1 atom stereocenters. The van der Waals surface area contributed by atoms with E-state index >= 15 is 0 Å². The first-order valence-corrected chi connectivity index (χ1v) is 8.20. The standard InChI is InChI=1S/C17H22N4O4/c1-13-16(20-25-19-13)18-15(23)10-21-7-8-24-17(11-21,12-22)9-14-5-3-2-4-6-14/h2-6,22H,7-12H2,1H3,(H,18,20,23). The zero-order chi connectivity index (χ0) is 17.7. The van der Waals surface area contributed by atoms with Crippen molar-refractivity contribution in [3.05, 3.63) is 41.6 Å². The lowest BCUT2D eigenvalue weighted by Gasteiger charge is -2.41. The Morgan fingerprint density at radius 3 is 2.84 bits per heavy atom. The van der Waals surface area contributed by atoms with Gasteiger partial charge in [0.25, 0.3) is 0 Å². The Kier molecular flexibility index (Phi) is 5.42. The molecule has 0 radical (unpaired) electrons. The maximum Gasteiger partial charge on any atom is 0.239 e. The molecule has 0 spiro atoms. The van der Waals surface area contributed by atoms with Gasteiger partial charge in [-0.05, 0) is 17.6 Å². The number of amides is 1. The number of carbonyl (C=O) groups is 1. The summed E-state index contributed by atoms with van der Waals surface area (Å²) in [4.78, 5) is 14.2. The Balaban J connectivity index is 1.61. The molecule has 0 saturated carbocycles. The Labute approximate surface area is 145 Å². The number of nitrogens with one attached hydrogen (secondary N) is 1. The largest absolute Gasteiger partial charge is 0.393 e. The molecule has 1 aromatic heterocycles. The summed E-state index contributed by atoms with van der Waals surface area (Å²) >= 11 is 0. The fraction of sp³-hybridized carbons (Fsp3) is 0.471. The zero-order valence-electron chi connectivity index (χ0n) is 14.1. The minimum Gasteiger partial charge on any atom is -0.393 e. The number of hydrogen-bond acceptors (Lipinski definition) is 7. The highest BCUT2D eigenvalue weighted by molar-refractivity contribution is 5.91. The van der Waals surface area contributed by atoms with Crippen LogP contribution >= 0.6 is 0 Å². The number of benzene rings is 1. The molecule has 1 aromatic carbocycles. The summed E-state index contributed by atoms with van der Waals surface area (Å²) in [5, 5.41) is 19.9. The van der Waals surface area contributed by atoms with E-state index < -0.39 is 5.60 Å². The maximum atomic E-state index is 12.2. The van der Waals surface area contributed by atoms with Crippen LogP contribution in [0, 0.1) is 6.92 Å². The number of aryl methyl sites for hydroxylation is 1. The van der Waals surface area contributed by atoms with Gasteiger partial charge in [0.15, 0.2) is 5.82 Å². The summed E-state index contributed by atoms with van der Waals surface area (Å²) < 4.78 is 10.5. The summed E-state index contributed by atoms with van der Waals surface area (Å²) in [6.45, 7) is 3.35. The molecule has 2 heterocycles. The molecule has 8 heteroatoms. The third-order valence-electron chi connectivity index (χ3n) is 4.26. The summed E-state index contributed by atoms with van der Waals surface area (Å²) in [6, 6.07) is 9.89. The van der Waals surface area contributed by atoms with Gasteiger partial charge in [-0.1, -0.05) is 35.5 Å². The van der Waals surface area contributed by atoms with Gasteiger partial charge in [-0.3, -0.25) is 9.69 Å². The highest BCUT2D eigenvalue weighted by Gasteiger charge is 2.37. The van der Waals surface area contributed by atoms with E-state index in [2.05, 4.69) is 20.3 Å². The fourth-order valence-corrected chi connectivity index (χ4v) is 3.00. The minimum atomic E-state index is -0.703. The van der Waals surface area contributed by atoms with Crippen molar-refractivity contribution in [1.29, 1.82) is 0 Å². The third kappa shape index (κ3) is 4.41. The van der Waals surface area contributed by atoms with Crippen LogP contribution in [0.2, 0.25) is 0 Å². The van der Waals surface area contributed by atoms with Crippen LogP contribution < -0.4 is 5.32 Å². The van der Waals surface area contributed by atoms with Crippen LogP contribution in [-0.2, 0) is 16.0 Å². The lowest BCUT2D eigenvalue weighted by molar-refractivity contribution is -0.138. The van der Waals surface area contributed by atoms with E-state index in [0.717, 1.165) is 5.56 Å². The molecule has 1 saturated heterocycles. The first-order chi connectivity index (χ1) is 12.1. The van der Waals surface area contributed by atoms with Crippen molar-refractivity contribution in [2.45, 2.75) is 18.9 Å². The van der Waals surface area contributed by atoms with Gasteiger partial charge in [0, 0.05) is 19.5 Å². The number of ether oxygens (including phenoxy) is 1. The average molecular weight is 346 g/mol. The van der Waals surface area contributed by atoms with Crippen LogP contribution in [0.15, 0.2) is 35.0 Å². The summed E-state index contributed by atoms with van der Waals surface area (Å²) in [6.07, 6.45) is 0.592. The van der Waals surface area contributed by atoms with Crippen LogP contribution in [0.1, 0.15) is 11.3 Å². The number of aromatic nitrogens is 2. The van der Waals surface area contributed by atoms with Crippen molar-refractivity contribution >= 4 is 11.7 Å². The van der Waals surface area contributed by atoms with Gasteiger partial charge in [0.1, 0.15) is 11.3 Å². The number of morpholine rings is 1. The number of rotatable bonds is 6. The molecule has 25 heavy (non-hydrogen) atoms. The van der Waals surface area contributed by atoms with E-state index in [1.807, 2.05) is 35.2 Å². The second-order valence-electron chi connectivity index (χ2n) is 6.31. The Bertz CT molecular complexity index is 706. The normalized spacial score (nSPS) is 21.2. The van der Waals surface area contributed by atoms with Crippen LogP contribution in [0.4, 0.5) is 5.82 Å². The second-order valence-corrected chi connectivity index (χ2v) is 6.31. The molecule has 2 aromatic rings. The summed E-state index contributed by atoms with van der Waals surface area (Å²) in [5.41, 5.74) is 0.918. The van der Waals surface area contributed by atoms with E-state index in [1.54, 1.807) is 6.92 Å². The SMILES string of the molecule is Cc1nonc1NC(=O)CN1CCOC(CO)(Cc2ccccc2)C1. The van der Waals surface area contributed by atoms with E-state index in [1.165, 1.54) is 0 Å². The van der Waals surface area contributed by atoms with Crippen LogP contribution in [-0.4, -0.2) is 64.7 Å². The number of hydrogen-bond donors (Lipinski definition) is 2. The highest BCUT2D eigenvalue weighted by atomic mass is 16.6. The topological polar surface area (TPSA) is 101 Å². The third-order valence-corrected chi connectivity index (χ3v) is 4.26. The molecular weight excluding hydrogens is 324 g/mol. The first-order valence-electron chi connectivity index (χ1n) is 8.20. The predicted molar refractivity (Wildman–Crippen MR) is 90.0 cm³/mol. The van der Waals surface area contributed by atoms with Crippen molar-refractivity contribution in [2.75, 3.05) is 38.2 Å². The number of aliphatic hydroxyl groups excluding tert-OH is 1. The van der Waals surface area contributed by atoms with Crippen molar-refractivity contribution in [3.8, 4) is 0 Å². The van der Waals surface area contributed by atoms with Crippen LogP contribution in [0.3, 0.4) is 0 Å². The van der Waals surface area contributed by atoms with Gasteiger partial charge < -0.3 is 15.2 Å². The van der Waals surface area contributed by atoms with Gasteiger partial charge in [-0.2, -0.15) is 0 Å². The van der Waals surface area contributed by atoms with Crippen molar-refractivity contribution in [1.82, 2.24) is 15.2 Å². The average Bonchev–Trinajstić information content (AvgIpc) is 3.01. The quantitative estimate of drug-likeness (QED) is 0.791. The number of nitrogens with zero attached hydrogens (tertiary/aromatic N) is 3. The van der Waals surface area contributed by atoms with E-state index in [0.29, 0.717) is 37.6 Å². The van der Waals surface area contributed by atoms with Crippen molar-refractivity contribution in [2.24, 2.45) is 0 Å². The highest BCUT2D eigenvalue weighted by Crippen LogP contribution is 2.23. The lowest BCUT2D eigenvalue weighted by atomic mass is 9.93. The predicted octanol–water partition coefficient (Wildman–Crippen LogP) is 0.623. The number of anilines is 1. The van der Waals surface area contributed by atoms with Crippen molar-refractivity contribution in [3.63, 3.8) is 0 Å². The van der Waals surface area contributed by atoms with Gasteiger partial charge in [-0.15, -0.1) is 0 Å². The fourth-order valence-electron chi connectivity index (χ4n) is 3.00. The molecule has 134 valence electrons. The zero-order valence-corrected chi connectivity index (χ0v) is 14.1. The molecular formula is C17H22N4O4. The molecule has 1 fully saturated rings. The number of aliphatic hydroxyl groups is 1. The van der Waals surface area contributed by atoms with Crippen molar-refractivity contribution < 1.29 is 19.3 Å². The number of carbonyl (C=O) groups excluding carboxylic acids is 1. The molecule has 0 aliphatic carbocycles. The van der Waals surface area contributed by atoms with E-state index in [9.17, 15) is 9.90 Å². The van der Waals surface area contributed by atoms with Crippen LogP contribution in [0.25, 0.3) is 0 Å². The molecule has 3 rings (SSSR count). The molecule has 1 aliphatic heterocycles. The Morgan fingerprint density at radius 1 is 1.36 bits per heavy atom. The molecule has 0 bridgehead atoms. The molecule has 1 unspecified atom stereocenters. The maximum absolute atomic E-state index is 12.2.